The number of hydrogen-bond donors (Lipinski definition) is 5. The van der Waals surface area contributed by atoms with Crippen molar-refractivity contribution in [1.29, 1.82) is 0 Å². The van der Waals surface area contributed by atoms with Crippen LogP contribution in [0.15, 0.2) is 48.5 Å². The Hall–Kier alpha value is -3.15. The Balaban J connectivity index is 1.54. The van der Waals surface area contributed by atoms with Gasteiger partial charge in [-0.1, -0.05) is 63.6 Å². The predicted octanol–water partition coefficient (Wildman–Crippen LogP) is 4.15. The number of phosphoric acid groups is 1. The summed E-state index contributed by atoms with van der Waals surface area (Å²) < 4.78 is 21.0. The maximum absolute atomic E-state index is 13.6. The van der Waals surface area contributed by atoms with Crippen molar-refractivity contribution in [3.8, 4) is 5.75 Å². The zero-order chi connectivity index (χ0) is 33.8. The molecule has 1 aliphatic rings. The van der Waals surface area contributed by atoms with Crippen LogP contribution in [0.5, 0.6) is 5.75 Å². The van der Waals surface area contributed by atoms with Crippen LogP contribution in [0.4, 0.5) is 4.79 Å². The summed E-state index contributed by atoms with van der Waals surface area (Å²) in [5.74, 6) is -1.10. The van der Waals surface area contributed by atoms with Gasteiger partial charge in [-0.25, -0.2) is 9.36 Å². The Labute approximate surface area is 268 Å². The predicted molar refractivity (Wildman–Crippen MR) is 168 cm³/mol. The van der Waals surface area contributed by atoms with Gasteiger partial charge in [0, 0.05) is 23.5 Å². The number of esters is 1. The summed E-state index contributed by atoms with van der Waals surface area (Å²) in [6.45, 7) is 11.3. The lowest BCUT2D eigenvalue weighted by molar-refractivity contribution is -0.155. The molecule has 248 valence electrons. The van der Waals surface area contributed by atoms with Crippen LogP contribution in [0.25, 0.3) is 0 Å². The van der Waals surface area contributed by atoms with Gasteiger partial charge >= 0.3 is 19.8 Å². The number of carbonyl (C=O) groups is 3. The van der Waals surface area contributed by atoms with Gasteiger partial charge in [0.25, 0.3) is 0 Å². The fraction of sp³-hybridized carbons (Fsp3) is 0.516. The quantitative estimate of drug-likeness (QED) is 0.174. The first-order chi connectivity index (χ1) is 20.7. The summed E-state index contributed by atoms with van der Waals surface area (Å²) in [5, 5.41) is 17.7. The lowest BCUT2D eigenvalue weighted by Gasteiger charge is -2.51. The molecule has 12 nitrogen and oxygen atoms in total. The van der Waals surface area contributed by atoms with Crippen molar-refractivity contribution in [3.63, 3.8) is 0 Å². The smallest absolute Gasteiger partial charge is 0.458 e. The van der Waals surface area contributed by atoms with E-state index in [2.05, 4.69) is 15.2 Å². The normalized spacial score (nSPS) is 19.0. The first-order valence-corrected chi connectivity index (χ1v) is 16.5. The molecule has 1 fully saturated rings. The molecule has 45 heavy (non-hydrogen) atoms. The third-order valence-corrected chi connectivity index (χ3v) is 8.56. The van der Waals surface area contributed by atoms with Crippen molar-refractivity contribution in [2.45, 2.75) is 71.6 Å². The molecule has 3 amide bonds. The third-order valence-electron chi connectivity index (χ3n) is 7.86. The van der Waals surface area contributed by atoms with E-state index in [1.165, 1.54) is 24.3 Å². The number of urea groups is 1. The molecule has 0 bridgehead atoms. The van der Waals surface area contributed by atoms with Gasteiger partial charge < -0.3 is 29.9 Å². The maximum atomic E-state index is 13.6. The number of benzene rings is 2. The molecule has 1 unspecified atom stereocenters. The summed E-state index contributed by atoms with van der Waals surface area (Å²) >= 11 is 6.04. The van der Waals surface area contributed by atoms with Crippen molar-refractivity contribution >= 4 is 37.3 Å². The molecule has 0 radical (unpaired) electrons. The molecular weight excluding hydrogens is 625 g/mol. The highest BCUT2D eigenvalue weighted by atomic mass is 35.5. The van der Waals surface area contributed by atoms with Gasteiger partial charge in [-0.2, -0.15) is 0 Å². The molecular formula is C31H43ClN3O9P. The highest BCUT2D eigenvalue weighted by Crippen LogP contribution is 2.46. The minimum absolute atomic E-state index is 0.0382. The van der Waals surface area contributed by atoms with E-state index < -0.39 is 42.5 Å². The first kappa shape index (κ1) is 36.3. The number of phosphoric ester groups is 1. The zero-order valence-electron chi connectivity index (χ0n) is 26.4. The Morgan fingerprint density at radius 3 is 2.20 bits per heavy atom. The number of hydrogen-bond acceptors (Lipinski definition) is 7. The van der Waals surface area contributed by atoms with E-state index in [1.807, 2.05) is 27.7 Å². The molecule has 3 rings (SSSR count). The minimum Gasteiger partial charge on any atom is -0.458 e. The van der Waals surface area contributed by atoms with Gasteiger partial charge in [-0.05, 0) is 61.6 Å². The van der Waals surface area contributed by atoms with Crippen LogP contribution in [0.2, 0.25) is 5.02 Å². The number of rotatable bonds is 11. The molecule has 1 saturated heterocycles. The van der Waals surface area contributed by atoms with E-state index in [-0.39, 0.29) is 37.1 Å². The maximum Gasteiger partial charge on any atom is 0.524 e. The fourth-order valence-electron chi connectivity index (χ4n) is 5.32. The molecule has 0 spiro atoms. The second kappa shape index (κ2) is 14.1. The molecule has 5 N–H and O–H groups in total. The number of carbonyl (C=O) groups excluding carboxylic acids is 3. The second-order valence-electron chi connectivity index (χ2n) is 12.9. The molecule has 0 saturated carbocycles. The molecule has 2 atom stereocenters. The van der Waals surface area contributed by atoms with Gasteiger partial charge in [-0.3, -0.25) is 19.4 Å². The molecule has 0 aromatic heterocycles. The molecule has 14 heteroatoms. The summed E-state index contributed by atoms with van der Waals surface area (Å²) in [6, 6.07) is 11.3. The highest BCUT2D eigenvalue weighted by Gasteiger charge is 2.50. The summed E-state index contributed by atoms with van der Waals surface area (Å²) in [7, 11) is -4.69. The van der Waals surface area contributed by atoms with Crippen LogP contribution in [0, 0.1) is 11.3 Å². The zero-order valence-corrected chi connectivity index (χ0v) is 28.0. The van der Waals surface area contributed by atoms with Gasteiger partial charge in [-0.15, -0.1) is 0 Å². The van der Waals surface area contributed by atoms with E-state index in [9.17, 15) is 24.1 Å². The van der Waals surface area contributed by atoms with Gasteiger partial charge in [0.05, 0.1) is 18.6 Å². The first-order valence-electron chi connectivity index (χ1n) is 14.6. The third kappa shape index (κ3) is 9.92. The number of nitrogens with zero attached hydrogens (tertiary/aromatic N) is 1. The van der Waals surface area contributed by atoms with Crippen LogP contribution in [-0.2, 0) is 30.9 Å². The Morgan fingerprint density at radius 1 is 1.07 bits per heavy atom. The number of halogens is 1. The fourth-order valence-corrected chi connectivity index (χ4v) is 5.84. The van der Waals surface area contributed by atoms with Gasteiger partial charge in [0.2, 0.25) is 5.91 Å². The summed E-state index contributed by atoms with van der Waals surface area (Å²) in [6.07, 6.45) is 0.199. The van der Waals surface area contributed by atoms with Crippen LogP contribution >= 0.6 is 19.4 Å². The molecule has 2 aromatic rings. The van der Waals surface area contributed by atoms with Crippen molar-refractivity contribution in [2.24, 2.45) is 11.3 Å². The number of amides is 3. The summed E-state index contributed by atoms with van der Waals surface area (Å²) in [5.41, 5.74) is -1.68. The number of ether oxygens (including phenoxy) is 1. The monoisotopic (exact) mass is 667 g/mol. The average Bonchev–Trinajstić information content (AvgIpc) is 2.92. The van der Waals surface area contributed by atoms with E-state index in [4.69, 9.17) is 26.1 Å². The largest absolute Gasteiger partial charge is 0.524 e. The topological polar surface area (TPSA) is 175 Å². The Kier molecular flexibility index (Phi) is 11.4. The van der Waals surface area contributed by atoms with Crippen molar-refractivity contribution < 1.29 is 43.1 Å². The minimum atomic E-state index is -4.69. The molecule has 0 aliphatic carbocycles. The molecule has 1 aliphatic heterocycles. The van der Waals surface area contributed by atoms with E-state index in [1.54, 1.807) is 43.0 Å². The van der Waals surface area contributed by atoms with Crippen molar-refractivity contribution in [2.75, 3.05) is 19.6 Å². The Bertz CT molecular complexity index is 1410. The molecule has 1 heterocycles. The van der Waals surface area contributed by atoms with Gasteiger partial charge in [0.15, 0.2) is 0 Å². The lowest BCUT2D eigenvalue weighted by Crippen LogP contribution is -2.61. The second-order valence-corrected chi connectivity index (χ2v) is 14.5. The van der Waals surface area contributed by atoms with E-state index >= 15 is 0 Å². The number of piperidine rings is 1. The standard InChI is InChI=1S/C31H43ClN3O9P/c1-20(2)26(27(37)35-16-15-31(39,29(3,4)19-35)22-9-11-23(32)12-10-22)34-28(38)33-18-30(5,6)43-25(36)17-21-7-13-24(14-8-21)44-45(40,41)42/h7-14,20,26,39H,15-19H2,1-6H3,(H2,33,34,38)(H2,40,41,42)/t26?,31-/m0/s1. The highest BCUT2D eigenvalue weighted by molar-refractivity contribution is 7.46. The van der Waals surface area contributed by atoms with Crippen LogP contribution in [0.3, 0.4) is 0 Å². The Morgan fingerprint density at radius 2 is 1.67 bits per heavy atom. The SMILES string of the molecule is CC(C)C(NC(=O)NCC(C)(C)OC(=O)Cc1ccc(OP(=O)(O)O)cc1)C(=O)N1CC[C@](O)(c2ccc(Cl)cc2)C(C)(C)C1. The summed E-state index contributed by atoms with van der Waals surface area (Å²) in [4.78, 5) is 58.5. The number of aliphatic hydroxyl groups is 1. The average molecular weight is 668 g/mol. The van der Waals surface area contributed by atoms with E-state index in [0.717, 1.165) is 5.56 Å². The lowest BCUT2D eigenvalue weighted by atomic mass is 9.66. The molecule has 2 aromatic carbocycles. The van der Waals surface area contributed by atoms with Crippen molar-refractivity contribution in [3.05, 3.63) is 64.7 Å². The van der Waals surface area contributed by atoms with Gasteiger partial charge in [0.1, 0.15) is 17.4 Å². The van der Waals surface area contributed by atoms with E-state index in [0.29, 0.717) is 23.6 Å². The van der Waals surface area contributed by atoms with Crippen LogP contribution in [0.1, 0.15) is 59.1 Å². The van der Waals surface area contributed by atoms with Crippen LogP contribution in [-0.4, -0.2) is 69.0 Å². The van der Waals surface area contributed by atoms with Crippen LogP contribution < -0.4 is 15.2 Å². The number of nitrogens with one attached hydrogen (secondary N) is 2. The van der Waals surface area contributed by atoms with Crippen molar-refractivity contribution in [1.82, 2.24) is 15.5 Å². The number of likely N-dealkylation sites (tertiary alicyclic amines) is 1.